The van der Waals surface area contributed by atoms with Crippen molar-refractivity contribution in [3.8, 4) is 0 Å². The molecule has 0 saturated carbocycles. The topological polar surface area (TPSA) is 40.5 Å². The van der Waals surface area contributed by atoms with Gasteiger partial charge < -0.3 is 5.11 Å². The highest BCUT2D eigenvalue weighted by atomic mass is 19.1. The summed E-state index contributed by atoms with van der Waals surface area (Å²) in [5, 5.41) is 9.03. The minimum absolute atomic E-state index is 0.0260. The van der Waals surface area contributed by atoms with Gasteiger partial charge >= 0.3 is 0 Å². The van der Waals surface area contributed by atoms with E-state index in [2.05, 4.69) is 0 Å². The first-order chi connectivity index (χ1) is 7.99. The van der Waals surface area contributed by atoms with Crippen molar-refractivity contribution in [1.82, 2.24) is 4.90 Å². The molecule has 0 fully saturated rings. The third kappa shape index (κ3) is 3.31. The summed E-state index contributed by atoms with van der Waals surface area (Å²) in [6.07, 6.45) is 0. The molecule has 3 nitrogen and oxygen atoms in total. The Balaban J connectivity index is 2.95. The Hall–Kier alpha value is -1.33. The van der Waals surface area contributed by atoms with Crippen LogP contribution in [0.2, 0.25) is 0 Å². The lowest BCUT2D eigenvalue weighted by Gasteiger charge is -2.24. The van der Waals surface area contributed by atoms with E-state index in [1.165, 1.54) is 4.90 Å². The van der Waals surface area contributed by atoms with E-state index in [0.29, 0.717) is 12.6 Å². The van der Waals surface area contributed by atoms with Gasteiger partial charge in [0.1, 0.15) is 11.6 Å². The van der Waals surface area contributed by atoms with Gasteiger partial charge in [-0.2, -0.15) is 0 Å². The van der Waals surface area contributed by atoms with E-state index in [1.807, 2.05) is 0 Å². The summed E-state index contributed by atoms with van der Waals surface area (Å²) in [6.45, 7) is 3.57. The van der Waals surface area contributed by atoms with Crippen molar-refractivity contribution in [3.63, 3.8) is 0 Å². The molecule has 1 aromatic carbocycles. The van der Waals surface area contributed by atoms with E-state index >= 15 is 0 Å². The van der Waals surface area contributed by atoms with Gasteiger partial charge in [-0.3, -0.25) is 9.69 Å². The molecule has 1 rings (SSSR count). The molecular formula is C12H15F2NO2. The maximum atomic E-state index is 13.0. The number of rotatable bonds is 5. The summed E-state index contributed by atoms with van der Waals surface area (Å²) in [5.41, 5.74) is -0.0260. The van der Waals surface area contributed by atoms with Gasteiger partial charge in [-0.05, 0) is 25.6 Å². The standard InChI is InChI=1S/C12H15F2NO2/c1-3-15(7-16)8(2)12(17)9-4-10(13)6-11(14)5-9/h4-6,8,16H,3,7H2,1-2H3. The van der Waals surface area contributed by atoms with Crippen molar-refractivity contribution in [2.45, 2.75) is 19.9 Å². The van der Waals surface area contributed by atoms with Crippen LogP contribution in [0.5, 0.6) is 0 Å². The fourth-order valence-electron chi connectivity index (χ4n) is 1.60. The number of nitrogens with zero attached hydrogens (tertiary/aromatic N) is 1. The SMILES string of the molecule is CCN(CO)C(C)C(=O)c1cc(F)cc(F)c1. The zero-order valence-electron chi connectivity index (χ0n) is 9.78. The minimum Gasteiger partial charge on any atom is -0.381 e. The van der Waals surface area contributed by atoms with Crippen LogP contribution in [-0.2, 0) is 0 Å². The lowest BCUT2D eigenvalue weighted by atomic mass is 10.0. The summed E-state index contributed by atoms with van der Waals surface area (Å²) in [7, 11) is 0. The van der Waals surface area contributed by atoms with Gasteiger partial charge in [0.15, 0.2) is 5.78 Å². The predicted molar refractivity (Wildman–Crippen MR) is 59.6 cm³/mol. The number of Topliss-reactive ketones (excluding diaryl/α,β-unsaturated/α-hetero) is 1. The number of likely N-dealkylation sites (N-methyl/N-ethyl adjacent to an activating group) is 1. The number of aliphatic hydroxyl groups is 1. The summed E-state index contributed by atoms with van der Waals surface area (Å²) in [6, 6.07) is 2.08. The second-order valence-corrected chi connectivity index (χ2v) is 3.74. The molecule has 17 heavy (non-hydrogen) atoms. The van der Waals surface area contributed by atoms with Crippen molar-refractivity contribution in [2.24, 2.45) is 0 Å². The zero-order valence-corrected chi connectivity index (χ0v) is 9.78. The molecule has 0 aliphatic carbocycles. The van der Waals surface area contributed by atoms with Crippen LogP contribution in [-0.4, -0.2) is 35.1 Å². The van der Waals surface area contributed by atoms with Crippen LogP contribution >= 0.6 is 0 Å². The van der Waals surface area contributed by atoms with E-state index in [4.69, 9.17) is 5.11 Å². The van der Waals surface area contributed by atoms with Crippen LogP contribution < -0.4 is 0 Å². The largest absolute Gasteiger partial charge is 0.381 e. The number of carbonyl (C=O) groups excluding carboxylic acids is 1. The van der Waals surface area contributed by atoms with E-state index in [0.717, 1.165) is 12.1 Å². The van der Waals surface area contributed by atoms with Gasteiger partial charge in [-0.25, -0.2) is 8.78 Å². The Bertz CT molecular complexity index is 385. The summed E-state index contributed by atoms with van der Waals surface area (Å²) in [4.78, 5) is 13.4. The molecule has 1 atom stereocenters. The normalized spacial score (nSPS) is 12.8. The third-order valence-corrected chi connectivity index (χ3v) is 2.66. The number of carbonyl (C=O) groups is 1. The van der Waals surface area contributed by atoms with Crippen LogP contribution in [0.1, 0.15) is 24.2 Å². The second kappa shape index (κ2) is 5.84. The monoisotopic (exact) mass is 243 g/mol. The molecule has 1 N–H and O–H groups in total. The fourth-order valence-corrected chi connectivity index (χ4v) is 1.60. The summed E-state index contributed by atoms with van der Waals surface area (Å²) < 4.78 is 25.9. The highest BCUT2D eigenvalue weighted by Gasteiger charge is 2.21. The van der Waals surface area contributed by atoms with E-state index in [9.17, 15) is 13.6 Å². The molecule has 1 aromatic rings. The predicted octanol–water partition coefficient (Wildman–Crippen LogP) is 1.81. The number of halogens is 2. The molecule has 5 heteroatoms. The number of hydrogen-bond donors (Lipinski definition) is 1. The molecule has 0 heterocycles. The summed E-state index contributed by atoms with van der Waals surface area (Å²) in [5.74, 6) is -1.99. The zero-order chi connectivity index (χ0) is 13.0. The molecule has 0 amide bonds. The first kappa shape index (κ1) is 13.7. The van der Waals surface area contributed by atoms with Gasteiger partial charge in [0, 0.05) is 11.6 Å². The molecule has 94 valence electrons. The molecular weight excluding hydrogens is 228 g/mol. The maximum Gasteiger partial charge on any atom is 0.179 e. The van der Waals surface area contributed by atoms with Crippen LogP contribution in [0.3, 0.4) is 0 Å². The van der Waals surface area contributed by atoms with Gasteiger partial charge in [-0.1, -0.05) is 6.92 Å². The highest BCUT2D eigenvalue weighted by molar-refractivity contribution is 5.99. The fraction of sp³-hybridized carbons (Fsp3) is 0.417. The van der Waals surface area contributed by atoms with Crippen LogP contribution in [0, 0.1) is 11.6 Å². The minimum atomic E-state index is -0.785. The maximum absolute atomic E-state index is 13.0. The Morgan fingerprint density at radius 1 is 1.35 bits per heavy atom. The Morgan fingerprint density at radius 3 is 2.29 bits per heavy atom. The van der Waals surface area contributed by atoms with Crippen LogP contribution in [0.15, 0.2) is 18.2 Å². The highest BCUT2D eigenvalue weighted by Crippen LogP contribution is 2.12. The van der Waals surface area contributed by atoms with Gasteiger partial charge in [0.25, 0.3) is 0 Å². The van der Waals surface area contributed by atoms with Crippen molar-refractivity contribution < 1.29 is 18.7 Å². The third-order valence-electron chi connectivity index (χ3n) is 2.66. The number of ketones is 1. The van der Waals surface area contributed by atoms with E-state index in [1.54, 1.807) is 13.8 Å². The first-order valence-corrected chi connectivity index (χ1v) is 5.34. The van der Waals surface area contributed by atoms with Crippen molar-refractivity contribution in [1.29, 1.82) is 0 Å². The lowest BCUT2D eigenvalue weighted by Crippen LogP contribution is -2.39. The van der Waals surface area contributed by atoms with E-state index in [-0.39, 0.29) is 12.3 Å². The van der Waals surface area contributed by atoms with Gasteiger partial charge in [0.05, 0.1) is 12.8 Å². The molecule has 0 radical (unpaired) electrons. The molecule has 0 spiro atoms. The molecule has 0 aromatic heterocycles. The smallest absolute Gasteiger partial charge is 0.179 e. The molecule has 0 saturated heterocycles. The molecule has 0 aliphatic rings. The quantitative estimate of drug-likeness (QED) is 0.633. The van der Waals surface area contributed by atoms with Crippen molar-refractivity contribution >= 4 is 5.78 Å². The number of hydrogen-bond acceptors (Lipinski definition) is 3. The lowest BCUT2D eigenvalue weighted by molar-refractivity contribution is 0.0594. The second-order valence-electron chi connectivity index (χ2n) is 3.74. The number of aliphatic hydroxyl groups excluding tert-OH is 1. The molecule has 1 unspecified atom stereocenters. The van der Waals surface area contributed by atoms with Crippen LogP contribution in [0.25, 0.3) is 0 Å². The Labute approximate surface area is 98.7 Å². The van der Waals surface area contributed by atoms with E-state index < -0.39 is 23.5 Å². The molecule has 0 aliphatic heterocycles. The van der Waals surface area contributed by atoms with Gasteiger partial charge in [-0.15, -0.1) is 0 Å². The average molecular weight is 243 g/mol. The number of benzene rings is 1. The van der Waals surface area contributed by atoms with Crippen molar-refractivity contribution in [2.75, 3.05) is 13.3 Å². The molecule has 0 bridgehead atoms. The Morgan fingerprint density at radius 2 is 1.88 bits per heavy atom. The average Bonchev–Trinajstić information content (AvgIpc) is 2.28. The Kier molecular flexibility index (Phi) is 4.72. The van der Waals surface area contributed by atoms with Crippen molar-refractivity contribution in [3.05, 3.63) is 35.4 Å². The van der Waals surface area contributed by atoms with Gasteiger partial charge in [0.2, 0.25) is 0 Å². The summed E-state index contributed by atoms with van der Waals surface area (Å²) >= 11 is 0. The van der Waals surface area contributed by atoms with Crippen LogP contribution in [0.4, 0.5) is 8.78 Å². The first-order valence-electron chi connectivity index (χ1n) is 5.34.